The van der Waals surface area contributed by atoms with Crippen LogP contribution in [0, 0.1) is 6.92 Å². The molecule has 5 heteroatoms. The summed E-state index contributed by atoms with van der Waals surface area (Å²) in [6.45, 7) is 3.96. The van der Waals surface area contributed by atoms with Gasteiger partial charge in [0, 0.05) is 24.2 Å². The first-order valence-electron chi connectivity index (χ1n) is 7.79. The van der Waals surface area contributed by atoms with Gasteiger partial charge in [-0.1, -0.05) is 18.2 Å². The van der Waals surface area contributed by atoms with E-state index in [2.05, 4.69) is 10.6 Å². The highest BCUT2D eigenvalue weighted by molar-refractivity contribution is 5.95. The average molecular weight is 326 g/mol. The molecule has 2 rings (SSSR count). The summed E-state index contributed by atoms with van der Waals surface area (Å²) in [5.74, 6) is 0.549. The molecule has 24 heavy (non-hydrogen) atoms. The van der Waals surface area contributed by atoms with Gasteiger partial charge in [-0.3, -0.25) is 9.59 Å². The highest BCUT2D eigenvalue weighted by atomic mass is 16.5. The normalized spacial score (nSPS) is 10.1. The van der Waals surface area contributed by atoms with Gasteiger partial charge in [-0.25, -0.2) is 0 Å². The molecule has 0 atom stereocenters. The standard InChI is InChI=1S/C19H22N2O3/c1-13-7-8-18(24-3)17(11-13)21-19(23)9-10-20-16-6-4-5-15(12-16)14(2)22/h4-8,11-12,20H,9-10H2,1-3H3,(H,21,23). The Labute approximate surface area is 142 Å². The van der Waals surface area contributed by atoms with Gasteiger partial charge in [0.25, 0.3) is 0 Å². The van der Waals surface area contributed by atoms with Crippen molar-refractivity contribution in [3.63, 3.8) is 0 Å². The monoisotopic (exact) mass is 326 g/mol. The lowest BCUT2D eigenvalue weighted by Crippen LogP contribution is -2.16. The van der Waals surface area contributed by atoms with Gasteiger partial charge in [-0.05, 0) is 43.7 Å². The summed E-state index contributed by atoms with van der Waals surface area (Å²) >= 11 is 0. The minimum atomic E-state index is -0.103. The van der Waals surface area contributed by atoms with Crippen molar-refractivity contribution >= 4 is 23.1 Å². The predicted octanol–water partition coefficient (Wildman–Crippen LogP) is 3.65. The van der Waals surface area contributed by atoms with Gasteiger partial charge in [-0.2, -0.15) is 0 Å². The van der Waals surface area contributed by atoms with Crippen molar-refractivity contribution in [2.24, 2.45) is 0 Å². The zero-order valence-corrected chi connectivity index (χ0v) is 14.2. The first-order valence-corrected chi connectivity index (χ1v) is 7.79. The van der Waals surface area contributed by atoms with E-state index in [0.29, 0.717) is 30.0 Å². The highest BCUT2D eigenvalue weighted by Gasteiger charge is 2.08. The maximum atomic E-state index is 12.1. The quantitative estimate of drug-likeness (QED) is 0.762. The molecule has 0 saturated carbocycles. The van der Waals surface area contributed by atoms with Crippen molar-refractivity contribution in [3.05, 3.63) is 53.6 Å². The van der Waals surface area contributed by atoms with Crippen LogP contribution in [0.1, 0.15) is 29.3 Å². The molecule has 2 aromatic rings. The molecule has 0 aliphatic carbocycles. The van der Waals surface area contributed by atoms with Gasteiger partial charge in [0.2, 0.25) is 5.91 Å². The number of aryl methyl sites for hydroxylation is 1. The number of ether oxygens (including phenoxy) is 1. The maximum absolute atomic E-state index is 12.1. The number of hydrogen-bond acceptors (Lipinski definition) is 4. The second kappa shape index (κ2) is 8.15. The second-order valence-electron chi connectivity index (χ2n) is 5.57. The van der Waals surface area contributed by atoms with Crippen molar-refractivity contribution in [2.75, 3.05) is 24.3 Å². The zero-order valence-electron chi connectivity index (χ0n) is 14.2. The lowest BCUT2D eigenvalue weighted by atomic mass is 10.1. The van der Waals surface area contributed by atoms with Crippen LogP contribution in [0.25, 0.3) is 0 Å². The fourth-order valence-electron chi connectivity index (χ4n) is 2.30. The molecule has 2 N–H and O–H groups in total. The predicted molar refractivity (Wildman–Crippen MR) is 95.9 cm³/mol. The third-order valence-corrected chi connectivity index (χ3v) is 3.58. The Morgan fingerprint density at radius 3 is 2.62 bits per heavy atom. The minimum Gasteiger partial charge on any atom is -0.495 e. The van der Waals surface area contributed by atoms with Crippen LogP contribution in [0.5, 0.6) is 5.75 Å². The Morgan fingerprint density at radius 2 is 1.92 bits per heavy atom. The van der Waals surface area contributed by atoms with Crippen LogP contribution in [-0.2, 0) is 4.79 Å². The Kier molecular flexibility index (Phi) is 5.95. The molecule has 5 nitrogen and oxygen atoms in total. The van der Waals surface area contributed by atoms with Crippen LogP contribution < -0.4 is 15.4 Å². The second-order valence-corrected chi connectivity index (χ2v) is 5.57. The first kappa shape index (κ1) is 17.5. The van der Waals surface area contributed by atoms with Gasteiger partial charge in [-0.15, -0.1) is 0 Å². The fourth-order valence-corrected chi connectivity index (χ4v) is 2.30. The molecule has 0 aromatic heterocycles. The van der Waals surface area contributed by atoms with Crippen molar-refractivity contribution in [2.45, 2.75) is 20.3 Å². The summed E-state index contributed by atoms with van der Waals surface area (Å²) in [6, 6.07) is 12.9. The van der Waals surface area contributed by atoms with Gasteiger partial charge in [0.05, 0.1) is 12.8 Å². The van der Waals surface area contributed by atoms with Crippen molar-refractivity contribution < 1.29 is 14.3 Å². The molecular formula is C19H22N2O3. The van der Waals surface area contributed by atoms with Crippen LogP contribution in [0.15, 0.2) is 42.5 Å². The number of Topliss-reactive ketones (excluding diaryl/α,β-unsaturated/α-hetero) is 1. The van der Waals surface area contributed by atoms with E-state index in [0.717, 1.165) is 11.3 Å². The lowest BCUT2D eigenvalue weighted by molar-refractivity contribution is -0.116. The Balaban J connectivity index is 1.89. The summed E-state index contributed by atoms with van der Waals surface area (Å²) in [5, 5.41) is 6.01. The number of methoxy groups -OCH3 is 1. The minimum absolute atomic E-state index is 0.0166. The zero-order chi connectivity index (χ0) is 17.5. The third kappa shape index (κ3) is 4.84. The molecule has 2 aromatic carbocycles. The molecule has 0 spiro atoms. The van der Waals surface area contributed by atoms with Crippen LogP contribution in [0.4, 0.5) is 11.4 Å². The van der Waals surface area contributed by atoms with Gasteiger partial charge in [0.1, 0.15) is 5.75 Å². The number of carbonyl (C=O) groups excluding carboxylic acids is 2. The fraction of sp³-hybridized carbons (Fsp3) is 0.263. The Morgan fingerprint density at radius 1 is 1.12 bits per heavy atom. The smallest absolute Gasteiger partial charge is 0.226 e. The number of benzene rings is 2. The van der Waals surface area contributed by atoms with Crippen LogP contribution in [0.2, 0.25) is 0 Å². The van der Waals surface area contributed by atoms with E-state index in [1.807, 2.05) is 37.3 Å². The van der Waals surface area contributed by atoms with Crippen molar-refractivity contribution in [1.29, 1.82) is 0 Å². The Hall–Kier alpha value is -2.82. The molecule has 0 heterocycles. The lowest BCUT2D eigenvalue weighted by Gasteiger charge is -2.12. The van der Waals surface area contributed by atoms with Crippen molar-refractivity contribution in [3.8, 4) is 5.75 Å². The molecule has 0 bridgehead atoms. The number of hydrogen-bond donors (Lipinski definition) is 2. The summed E-state index contributed by atoms with van der Waals surface area (Å²) in [4.78, 5) is 23.5. The maximum Gasteiger partial charge on any atom is 0.226 e. The Bertz CT molecular complexity index is 741. The van der Waals surface area contributed by atoms with E-state index in [9.17, 15) is 9.59 Å². The van der Waals surface area contributed by atoms with Gasteiger partial charge < -0.3 is 15.4 Å². The molecule has 0 aliphatic rings. The van der Waals surface area contributed by atoms with Crippen LogP contribution in [0.3, 0.4) is 0 Å². The molecule has 1 amide bonds. The summed E-state index contributed by atoms with van der Waals surface area (Å²) in [7, 11) is 1.57. The summed E-state index contributed by atoms with van der Waals surface area (Å²) in [6.07, 6.45) is 0.307. The molecular weight excluding hydrogens is 304 g/mol. The molecule has 126 valence electrons. The van der Waals surface area contributed by atoms with Gasteiger partial charge in [0.15, 0.2) is 5.78 Å². The van der Waals surface area contributed by atoms with E-state index in [1.165, 1.54) is 6.92 Å². The summed E-state index contributed by atoms with van der Waals surface area (Å²) in [5.41, 5.74) is 3.18. The topological polar surface area (TPSA) is 67.4 Å². The number of rotatable bonds is 7. The van der Waals surface area contributed by atoms with Crippen molar-refractivity contribution in [1.82, 2.24) is 0 Å². The summed E-state index contributed by atoms with van der Waals surface area (Å²) < 4.78 is 5.25. The number of ketones is 1. The van der Waals surface area contributed by atoms with E-state index >= 15 is 0 Å². The molecule has 0 unspecified atom stereocenters. The van der Waals surface area contributed by atoms with Crippen LogP contribution in [-0.4, -0.2) is 25.3 Å². The molecule has 0 saturated heterocycles. The molecule has 0 radical (unpaired) electrons. The molecule has 0 aliphatic heterocycles. The highest BCUT2D eigenvalue weighted by Crippen LogP contribution is 2.25. The first-order chi connectivity index (χ1) is 11.5. The molecule has 0 fully saturated rings. The van der Waals surface area contributed by atoms with E-state index in [-0.39, 0.29) is 11.7 Å². The van der Waals surface area contributed by atoms with E-state index < -0.39 is 0 Å². The van der Waals surface area contributed by atoms with E-state index in [4.69, 9.17) is 4.74 Å². The number of amides is 1. The number of carbonyl (C=O) groups is 2. The largest absolute Gasteiger partial charge is 0.495 e. The number of nitrogens with one attached hydrogen (secondary N) is 2. The number of anilines is 2. The SMILES string of the molecule is COc1ccc(C)cc1NC(=O)CCNc1cccc(C(C)=O)c1. The average Bonchev–Trinajstić information content (AvgIpc) is 2.55. The van der Waals surface area contributed by atoms with Gasteiger partial charge >= 0.3 is 0 Å². The third-order valence-electron chi connectivity index (χ3n) is 3.58. The van der Waals surface area contributed by atoms with Crippen LogP contribution >= 0.6 is 0 Å². The van der Waals surface area contributed by atoms with E-state index in [1.54, 1.807) is 19.2 Å².